The summed E-state index contributed by atoms with van der Waals surface area (Å²) < 4.78 is 1.87. The molecule has 0 aliphatic carbocycles. The molecule has 0 fully saturated rings. The van der Waals surface area contributed by atoms with Gasteiger partial charge in [-0.25, -0.2) is 4.68 Å². The van der Waals surface area contributed by atoms with E-state index in [1.54, 1.807) is 0 Å². The van der Waals surface area contributed by atoms with E-state index in [-0.39, 0.29) is 11.6 Å². The zero-order valence-electron chi connectivity index (χ0n) is 21.6. The van der Waals surface area contributed by atoms with Gasteiger partial charge in [-0.1, -0.05) is 79.2 Å². The van der Waals surface area contributed by atoms with Crippen LogP contribution in [0.25, 0.3) is 10.9 Å². The third-order valence-corrected chi connectivity index (χ3v) is 6.82. The van der Waals surface area contributed by atoms with Gasteiger partial charge in [-0.15, -0.1) is 5.10 Å². The smallest absolute Gasteiger partial charge is 0.252 e. The predicted molar refractivity (Wildman–Crippen MR) is 146 cm³/mol. The van der Waals surface area contributed by atoms with Crippen LogP contribution in [0.2, 0.25) is 0 Å². The van der Waals surface area contributed by atoms with Crippen molar-refractivity contribution < 1.29 is 0 Å². The molecule has 0 radical (unpaired) electrons. The number of H-pyrrole nitrogens is 1. The van der Waals surface area contributed by atoms with Crippen molar-refractivity contribution in [2.24, 2.45) is 0 Å². The highest BCUT2D eigenvalue weighted by Gasteiger charge is 2.26. The highest BCUT2D eigenvalue weighted by Crippen LogP contribution is 2.27. The molecular weight excluding hydrogens is 460 g/mol. The maximum absolute atomic E-state index is 13.2. The largest absolute Gasteiger partial charge is 0.322 e. The molecule has 7 nitrogen and oxygen atoms in total. The van der Waals surface area contributed by atoms with Gasteiger partial charge < -0.3 is 4.98 Å². The number of nitrogens with zero attached hydrogens (tertiary/aromatic N) is 5. The van der Waals surface area contributed by atoms with Gasteiger partial charge in [0, 0.05) is 24.2 Å². The van der Waals surface area contributed by atoms with E-state index in [2.05, 4.69) is 87.8 Å². The van der Waals surface area contributed by atoms with Crippen LogP contribution in [0.3, 0.4) is 0 Å². The summed E-state index contributed by atoms with van der Waals surface area (Å²) in [4.78, 5) is 18.5. The summed E-state index contributed by atoms with van der Waals surface area (Å²) in [5, 5.41) is 13.8. The lowest BCUT2D eigenvalue weighted by atomic mass is 10.1. The average Bonchev–Trinajstić information content (AvgIpc) is 3.34. The number of hydrogen-bond donors (Lipinski definition) is 1. The van der Waals surface area contributed by atoms with Crippen molar-refractivity contribution in [3.63, 3.8) is 0 Å². The van der Waals surface area contributed by atoms with E-state index in [1.807, 2.05) is 41.9 Å². The fourth-order valence-electron chi connectivity index (χ4n) is 4.82. The summed E-state index contributed by atoms with van der Waals surface area (Å²) in [6.07, 6.45) is 0.797. The second kappa shape index (κ2) is 10.9. The number of aryl methyl sites for hydroxylation is 2. The first-order valence-electron chi connectivity index (χ1n) is 12.7. The molecule has 0 spiro atoms. The van der Waals surface area contributed by atoms with E-state index in [0.29, 0.717) is 19.6 Å². The fourth-order valence-corrected chi connectivity index (χ4v) is 4.82. The van der Waals surface area contributed by atoms with E-state index in [1.165, 1.54) is 11.1 Å². The molecule has 0 unspecified atom stereocenters. The van der Waals surface area contributed by atoms with Gasteiger partial charge >= 0.3 is 0 Å². The van der Waals surface area contributed by atoms with Crippen LogP contribution < -0.4 is 5.56 Å². The van der Waals surface area contributed by atoms with Gasteiger partial charge in [0.05, 0.1) is 12.6 Å². The second-order valence-electron chi connectivity index (χ2n) is 9.71. The standard InChI is InChI=1S/C30H32N6O/c1-4-28(29-32-33-34-36(29)19-23-8-6-5-7-9-23)35(18-24-13-10-21(2)11-14-24)20-26-17-25-15-12-22(3)16-27(25)31-30(26)37/h5-17,28H,4,18-20H2,1-3H3,(H,31,37)/t28-/m0/s1. The zero-order valence-corrected chi connectivity index (χ0v) is 21.6. The van der Waals surface area contributed by atoms with Gasteiger partial charge in [-0.2, -0.15) is 0 Å². The van der Waals surface area contributed by atoms with Crippen molar-refractivity contribution in [1.29, 1.82) is 0 Å². The normalized spacial score (nSPS) is 12.3. The molecule has 3 aromatic carbocycles. The Hall–Kier alpha value is -4.10. The number of rotatable bonds is 9. The first-order valence-corrected chi connectivity index (χ1v) is 12.7. The highest BCUT2D eigenvalue weighted by molar-refractivity contribution is 5.79. The van der Waals surface area contributed by atoms with E-state index >= 15 is 0 Å². The Morgan fingerprint density at radius 2 is 1.65 bits per heavy atom. The summed E-state index contributed by atoms with van der Waals surface area (Å²) in [7, 11) is 0. The Morgan fingerprint density at radius 1 is 0.892 bits per heavy atom. The van der Waals surface area contributed by atoms with Gasteiger partial charge in [0.2, 0.25) is 0 Å². The van der Waals surface area contributed by atoms with Gasteiger partial charge in [0.25, 0.3) is 5.56 Å². The Bertz CT molecular complexity index is 1540. The minimum atomic E-state index is -0.0758. The SMILES string of the molecule is CC[C@@H](c1nnnn1Cc1ccccc1)N(Cc1ccc(C)cc1)Cc1cc2ccc(C)cc2[nH]c1=O. The quantitative estimate of drug-likeness (QED) is 0.301. The molecule has 5 aromatic rings. The lowest BCUT2D eigenvalue weighted by molar-refractivity contribution is 0.161. The van der Waals surface area contributed by atoms with Crippen molar-refractivity contribution in [3.05, 3.63) is 123 Å². The molecule has 0 amide bonds. The minimum Gasteiger partial charge on any atom is -0.322 e. The van der Waals surface area contributed by atoms with Crippen LogP contribution >= 0.6 is 0 Å². The molecule has 1 N–H and O–H groups in total. The molecule has 7 heteroatoms. The Kier molecular flexibility index (Phi) is 7.23. The molecule has 2 aromatic heterocycles. The van der Waals surface area contributed by atoms with Crippen molar-refractivity contribution in [1.82, 2.24) is 30.1 Å². The molecule has 37 heavy (non-hydrogen) atoms. The number of benzene rings is 3. The first kappa shape index (κ1) is 24.6. The fraction of sp³-hybridized carbons (Fsp3) is 0.267. The lowest BCUT2D eigenvalue weighted by Gasteiger charge is -2.30. The number of aromatic nitrogens is 5. The Morgan fingerprint density at radius 3 is 2.41 bits per heavy atom. The molecular formula is C30H32N6O. The van der Waals surface area contributed by atoms with Crippen molar-refractivity contribution in [3.8, 4) is 0 Å². The summed E-state index contributed by atoms with van der Waals surface area (Å²) in [5.41, 5.74) is 6.17. The van der Waals surface area contributed by atoms with Gasteiger partial charge in [0.15, 0.2) is 5.82 Å². The molecule has 5 rings (SSSR count). The molecule has 0 saturated heterocycles. The van der Waals surface area contributed by atoms with Crippen LogP contribution in [-0.4, -0.2) is 30.1 Å². The second-order valence-corrected chi connectivity index (χ2v) is 9.71. The summed E-state index contributed by atoms with van der Waals surface area (Å²) in [6.45, 7) is 7.99. The number of tetrazole rings is 1. The Balaban J connectivity index is 1.52. The van der Waals surface area contributed by atoms with E-state index in [0.717, 1.165) is 39.8 Å². The van der Waals surface area contributed by atoms with Gasteiger partial charge in [-0.3, -0.25) is 9.69 Å². The zero-order chi connectivity index (χ0) is 25.8. The van der Waals surface area contributed by atoms with Crippen LogP contribution in [0.15, 0.2) is 83.7 Å². The average molecular weight is 493 g/mol. The van der Waals surface area contributed by atoms with E-state index < -0.39 is 0 Å². The molecule has 188 valence electrons. The lowest BCUT2D eigenvalue weighted by Crippen LogP contribution is -2.32. The molecule has 1 atom stereocenters. The number of hydrogen-bond acceptors (Lipinski definition) is 5. The topological polar surface area (TPSA) is 79.7 Å². The van der Waals surface area contributed by atoms with Crippen LogP contribution in [-0.2, 0) is 19.6 Å². The monoisotopic (exact) mass is 492 g/mol. The number of pyridine rings is 1. The van der Waals surface area contributed by atoms with Crippen LogP contribution in [0.1, 0.15) is 53.0 Å². The van der Waals surface area contributed by atoms with Crippen LogP contribution in [0, 0.1) is 13.8 Å². The summed E-state index contributed by atoms with van der Waals surface area (Å²) >= 11 is 0. The van der Waals surface area contributed by atoms with E-state index in [9.17, 15) is 4.79 Å². The minimum absolute atomic E-state index is 0.0641. The maximum atomic E-state index is 13.2. The predicted octanol–water partition coefficient (Wildman–Crippen LogP) is 5.33. The van der Waals surface area contributed by atoms with Crippen molar-refractivity contribution in [2.45, 2.75) is 52.9 Å². The first-order chi connectivity index (χ1) is 18.0. The maximum Gasteiger partial charge on any atom is 0.252 e. The third kappa shape index (κ3) is 5.67. The van der Waals surface area contributed by atoms with Gasteiger partial charge in [-0.05, 0) is 64.9 Å². The van der Waals surface area contributed by atoms with Crippen LogP contribution in [0.4, 0.5) is 0 Å². The molecule has 0 aliphatic rings. The summed E-state index contributed by atoms with van der Waals surface area (Å²) in [5.74, 6) is 0.798. The highest BCUT2D eigenvalue weighted by atomic mass is 16.1. The molecule has 2 heterocycles. The number of nitrogens with one attached hydrogen (secondary N) is 1. The van der Waals surface area contributed by atoms with Crippen molar-refractivity contribution >= 4 is 10.9 Å². The van der Waals surface area contributed by atoms with E-state index in [4.69, 9.17) is 0 Å². The number of fused-ring (bicyclic) bond motifs is 1. The van der Waals surface area contributed by atoms with Crippen molar-refractivity contribution in [2.75, 3.05) is 0 Å². The molecule has 0 saturated carbocycles. The van der Waals surface area contributed by atoms with Crippen LogP contribution in [0.5, 0.6) is 0 Å². The summed E-state index contributed by atoms with van der Waals surface area (Å²) in [6, 6.07) is 26.8. The third-order valence-electron chi connectivity index (χ3n) is 6.82. The number of aromatic amines is 1. The Labute approximate surface area is 216 Å². The molecule has 0 bridgehead atoms. The van der Waals surface area contributed by atoms with Gasteiger partial charge in [0.1, 0.15) is 0 Å². The molecule has 0 aliphatic heterocycles.